The molecule has 0 radical (unpaired) electrons. The molecule has 1 aliphatic heterocycles. The van der Waals surface area contributed by atoms with Gasteiger partial charge in [-0.1, -0.05) is 30.3 Å². The zero-order valence-corrected chi connectivity index (χ0v) is 9.47. The Morgan fingerprint density at radius 2 is 2.19 bits per heavy atom. The predicted octanol–water partition coefficient (Wildman–Crippen LogP) is 2.15. The summed E-state index contributed by atoms with van der Waals surface area (Å²) in [6.45, 7) is 3.43. The van der Waals surface area contributed by atoms with Crippen molar-refractivity contribution in [2.45, 2.75) is 32.1 Å². The SMILES string of the molecule is CC1CC(OCc2ccccc2)CN1C#N. The van der Waals surface area contributed by atoms with E-state index in [1.807, 2.05) is 18.2 Å². The molecule has 0 N–H and O–H groups in total. The van der Waals surface area contributed by atoms with Crippen LogP contribution < -0.4 is 0 Å². The van der Waals surface area contributed by atoms with Crippen molar-refractivity contribution < 1.29 is 4.74 Å². The second kappa shape index (κ2) is 5.00. The topological polar surface area (TPSA) is 36.3 Å². The molecule has 3 heteroatoms. The maximum atomic E-state index is 8.86. The molecule has 84 valence electrons. The molecule has 16 heavy (non-hydrogen) atoms. The third-order valence-corrected chi connectivity index (χ3v) is 2.99. The molecule has 1 saturated heterocycles. The van der Waals surface area contributed by atoms with Crippen molar-refractivity contribution in [3.05, 3.63) is 35.9 Å². The summed E-state index contributed by atoms with van der Waals surface area (Å²) in [5.41, 5.74) is 1.19. The van der Waals surface area contributed by atoms with E-state index in [4.69, 9.17) is 10.00 Å². The van der Waals surface area contributed by atoms with Gasteiger partial charge in [0.2, 0.25) is 0 Å². The second-order valence-electron chi connectivity index (χ2n) is 4.26. The van der Waals surface area contributed by atoms with Gasteiger partial charge in [0, 0.05) is 6.04 Å². The Bertz CT molecular complexity index is 371. The van der Waals surface area contributed by atoms with Gasteiger partial charge in [0.15, 0.2) is 6.19 Å². The van der Waals surface area contributed by atoms with E-state index in [-0.39, 0.29) is 6.10 Å². The number of rotatable bonds is 3. The Hall–Kier alpha value is -1.53. The van der Waals surface area contributed by atoms with Crippen LogP contribution in [0.2, 0.25) is 0 Å². The monoisotopic (exact) mass is 216 g/mol. The molecule has 1 fully saturated rings. The van der Waals surface area contributed by atoms with E-state index in [1.54, 1.807) is 4.90 Å². The van der Waals surface area contributed by atoms with E-state index in [9.17, 15) is 0 Å². The van der Waals surface area contributed by atoms with Gasteiger partial charge < -0.3 is 9.64 Å². The van der Waals surface area contributed by atoms with Crippen LogP contribution in [0.3, 0.4) is 0 Å². The highest BCUT2D eigenvalue weighted by Crippen LogP contribution is 2.19. The van der Waals surface area contributed by atoms with Crippen molar-refractivity contribution in [3.8, 4) is 6.19 Å². The van der Waals surface area contributed by atoms with Crippen molar-refractivity contribution in [3.63, 3.8) is 0 Å². The molecular weight excluding hydrogens is 200 g/mol. The van der Waals surface area contributed by atoms with Crippen LogP contribution in [0.15, 0.2) is 30.3 Å². The van der Waals surface area contributed by atoms with Gasteiger partial charge in [0.25, 0.3) is 0 Å². The number of likely N-dealkylation sites (tertiary alicyclic amines) is 1. The van der Waals surface area contributed by atoms with Crippen molar-refractivity contribution in [2.75, 3.05) is 6.54 Å². The molecule has 0 aliphatic carbocycles. The molecule has 1 heterocycles. The minimum absolute atomic E-state index is 0.190. The minimum atomic E-state index is 0.190. The van der Waals surface area contributed by atoms with Crippen molar-refractivity contribution in [2.24, 2.45) is 0 Å². The second-order valence-corrected chi connectivity index (χ2v) is 4.26. The number of nitriles is 1. The zero-order valence-electron chi connectivity index (χ0n) is 9.47. The molecule has 0 bridgehead atoms. The molecule has 2 rings (SSSR count). The van der Waals surface area contributed by atoms with Crippen LogP contribution in [0.4, 0.5) is 0 Å². The summed E-state index contributed by atoms with van der Waals surface area (Å²) >= 11 is 0. The molecule has 1 aromatic carbocycles. The van der Waals surface area contributed by atoms with E-state index in [1.165, 1.54) is 5.56 Å². The third kappa shape index (κ3) is 2.53. The Balaban J connectivity index is 1.82. The number of hydrogen-bond donors (Lipinski definition) is 0. The molecule has 0 aromatic heterocycles. The Morgan fingerprint density at radius 3 is 2.81 bits per heavy atom. The summed E-state index contributed by atoms with van der Waals surface area (Å²) in [5.74, 6) is 0. The van der Waals surface area contributed by atoms with Crippen LogP contribution in [0.25, 0.3) is 0 Å². The largest absolute Gasteiger partial charge is 0.372 e. The van der Waals surface area contributed by atoms with Crippen LogP contribution in [0.1, 0.15) is 18.9 Å². The quantitative estimate of drug-likeness (QED) is 0.726. The van der Waals surface area contributed by atoms with E-state index in [2.05, 4.69) is 25.2 Å². The lowest BCUT2D eigenvalue weighted by Crippen LogP contribution is -2.22. The fraction of sp³-hybridized carbons (Fsp3) is 0.462. The highest BCUT2D eigenvalue weighted by Gasteiger charge is 2.28. The van der Waals surface area contributed by atoms with Crippen LogP contribution >= 0.6 is 0 Å². The van der Waals surface area contributed by atoms with Gasteiger partial charge in [-0.3, -0.25) is 0 Å². The number of hydrogen-bond acceptors (Lipinski definition) is 3. The Kier molecular flexibility index (Phi) is 3.43. The number of benzene rings is 1. The van der Waals surface area contributed by atoms with Crippen LogP contribution in [-0.2, 0) is 11.3 Å². The first-order valence-electron chi connectivity index (χ1n) is 5.61. The molecule has 0 saturated carbocycles. The molecule has 0 amide bonds. The average molecular weight is 216 g/mol. The molecule has 3 nitrogen and oxygen atoms in total. The summed E-state index contributed by atoms with van der Waals surface area (Å²) in [5, 5.41) is 8.86. The van der Waals surface area contributed by atoms with Gasteiger partial charge in [-0.15, -0.1) is 0 Å². The molecule has 2 unspecified atom stereocenters. The smallest absolute Gasteiger partial charge is 0.179 e. The van der Waals surface area contributed by atoms with Gasteiger partial charge in [0.05, 0.1) is 19.3 Å². The summed E-state index contributed by atoms with van der Waals surface area (Å²) < 4.78 is 5.80. The molecule has 2 atom stereocenters. The summed E-state index contributed by atoms with van der Waals surface area (Å²) in [7, 11) is 0. The first kappa shape index (κ1) is 11.0. The normalized spacial score (nSPS) is 24.4. The van der Waals surface area contributed by atoms with Crippen molar-refractivity contribution in [1.29, 1.82) is 5.26 Å². The van der Waals surface area contributed by atoms with Gasteiger partial charge in [-0.2, -0.15) is 5.26 Å². The fourth-order valence-electron chi connectivity index (χ4n) is 2.03. The fourth-order valence-corrected chi connectivity index (χ4v) is 2.03. The Labute approximate surface area is 96.2 Å². The van der Waals surface area contributed by atoms with E-state index < -0.39 is 0 Å². The molecule has 0 spiro atoms. The molecule has 1 aromatic rings. The van der Waals surface area contributed by atoms with Gasteiger partial charge >= 0.3 is 0 Å². The third-order valence-electron chi connectivity index (χ3n) is 2.99. The number of ether oxygens (including phenoxy) is 1. The number of nitrogens with zero attached hydrogens (tertiary/aromatic N) is 2. The maximum Gasteiger partial charge on any atom is 0.179 e. The van der Waals surface area contributed by atoms with Gasteiger partial charge in [-0.25, -0.2) is 0 Å². The summed E-state index contributed by atoms with van der Waals surface area (Å²) in [6, 6.07) is 10.4. The van der Waals surface area contributed by atoms with E-state index in [0.717, 1.165) is 13.0 Å². The lowest BCUT2D eigenvalue weighted by molar-refractivity contribution is 0.0494. The van der Waals surface area contributed by atoms with Crippen molar-refractivity contribution in [1.82, 2.24) is 4.90 Å². The van der Waals surface area contributed by atoms with Crippen molar-refractivity contribution >= 4 is 0 Å². The van der Waals surface area contributed by atoms with E-state index >= 15 is 0 Å². The first-order chi connectivity index (χ1) is 7.79. The van der Waals surface area contributed by atoms with Gasteiger partial charge in [-0.05, 0) is 18.9 Å². The van der Waals surface area contributed by atoms with Crippen LogP contribution in [0.5, 0.6) is 0 Å². The van der Waals surface area contributed by atoms with Crippen LogP contribution in [0, 0.1) is 11.5 Å². The lowest BCUT2D eigenvalue weighted by atomic mass is 10.2. The highest BCUT2D eigenvalue weighted by molar-refractivity contribution is 5.13. The minimum Gasteiger partial charge on any atom is -0.372 e. The van der Waals surface area contributed by atoms with Crippen LogP contribution in [-0.4, -0.2) is 23.6 Å². The first-order valence-corrected chi connectivity index (χ1v) is 5.61. The zero-order chi connectivity index (χ0) is 11.4. The van der Waals surface area contributed by atoms with Gasteiger partial charge in [0.1, 0.15) is 0 Å². The predicted molar refractivity (Wildman–Crippen MR) is 61.4 cm³/mol. The van der Waals surface area contributed by atoms with E-state index in [0.29, 0.717) is 12.6 Å². The molecular formula is C13H16N2O. The summed E-state index contributed by atoms with van der Waals surface area (Å²) in [4.78, 5) is 1.79. The Morgan fingerprint density at radius 1 is 1.44 bits per heavy atom. The standard InChI is InChI=1S/C13H16N2O/c1-11-7-13(8-15(11)10-14)16-9-12-5-3-2-4-6-12/h2-6,11,13H,7-9H2,1H3. The highest BCUT2D eigenvalue weighted by atomic mass is 16.5. The lowest BCUT2D eigenvalue weighted by Gasteiger charge is -2.11. The summed E-state index contributed by atoms with van der Waals surface area (Å²) in [6.07, 6.45) is 3.33. The maximum absolute atomic E-state index is 8.86. The molecule has 1 aliphatic rings. The average Bonchev–Trinajstić information content (AvgIpc) is 2.69.